The largest absolute Gasteiger partial charge is 0.508 e. The van der Waals surface area contributed by atoms with Gasteiger partial charge in [0.05, 0.1) is 0 Å². The van der Waals surface area contributed by atoms with Crippen LogP contribution >= 0.6 is 0 Å². The van der Waals surface area contributed by atoms with Gasteiger partial charge in [0, 0.05) is 5.56 Å². The molecule has 1 aliphatic rings. The first kappa shape index (κ1) is 15.4. The number of benzene rings is 2. The molecule has 0 aromatic heterocycles. The highest BCUT2D eigenvalue weighted by Gasteiger charge is 2.36. The number of hydrogen-bond donors (Lipinski definition) is 2. The monoisotopic (exact) mass is 360 g/mol. The van der Waals surface area contributed by atoms with Crippen molar-refractivity contribution in [3.63, 3.8) is 0 Å². The first-order valence-corrected chi connectivity index (χ1v) is 8.59. The summed E-state index contributed by atoms with van der Waals surface area (Å²) in [5.41, 5.74) is 0.472. The van der Waals surface area contributed by atoms with Crippen LogP contribution in [0.1, 0.15) is 0 Å². The van der Waals surface area contributed by atoms with E-state index in [1.54, 1.807) is 0 Å². The molecule has 2 aromatic carbocycles. The van der Waals surface area contributed by atoms with Gasteiger partial charge in [0.1, 0.15) is 5.75 Å². The van der Waals surface area contributed by atoms with Crippen molar-refractivity contribution < 1.29 is 39.0 Å². The van der Waals surface area contributed by atoms with Gasteiger partial charge in [-0.25, -0.2) is 0 Å². The Morgan fingerprint density at radius 2 is 1.30 bits per heavy atom. The molecule has 2 N–H and O–H groups in total. The first-order chi connectivity index (χ1) is 10.7. The van der Waals surface area contributed by atoms with E-state index in [1.165, 1.54) is 30.3 Å². The van der Waals surface area contributed by atoms with E-state index >= 15 is 0 Å². The molecule has 11 heteroatoms. The highest BCUT2D eigenvalue weighted by molar-refractivity contribution is 7.95. The third kappa shape index (κ3) is 3.02. The molecule has 0 fully saturated rings. The summed E-state index contributed by atoms with van der Waals surface area (Å²) in [6.45, 7) is 0. The zero-order chi connectivity index (χ0) is 16.8. The van der Waals surface area contributed by atoms with Crippen molar-refractivity contribution in [1.29, 1.82) is 0 Å². The molecule has 0 aliphatic carbocycles. The average Bonchev–Trinajstić information content (AvgIpc) is 2.52. The SMILES string of the molecule is O=S1(=O)Oc2c(O)ccc(-c3ccc(O)cc3)c2OS(=O)(=O)O1. The molecule has 2 aromatic rings. The predicted molar refractivity (Wildman–Crippen MR) is 75.4 cm³/mol. The molecule has 3 rings (SSSR count). The first-order valence-electron chi connectivity index (χ1n) is 5.92. The van der Waals surface area contributed by atoms with Crippen LogP contribution in [0.15, 0.2) is 36.4 Å². The van der Waals surface area contributed by atoms with E-state index < -0.39 is 38.0 Å². The quantitative estimate of drug-likeness (QED) is 0.764. The molecule has 0 bridgehead atoms. The van der Waals surface area contributed by atoms with Crippen LogP contribution < -0.4 is 8.37 Å². The molecule has 0 spiro atoms. The predicted octanol–water partition coefficient (Wildman–Crippen LogP) is 1.04. The van der Waals surface area contributed by atoms with E-state index in [9.17, 15) is 27.0 Å². The summed E-state index contributed by atoms with van der Waals surface area (Å²) in [5, 5.41) is 19.0. The van der Waals surface area contributed by atoms with Crippen LogP contribution in [0.5, 0.6) is 23.0 Å². The second kappa shape index (κ2) is 5.01. The number of rotatable bonds is 1. The van der Waals surface area contributed by atoms with Crippen molar-refractivity contribution in [3.8, 4) is 34.1 Å². The molecule has 0 unspecified atom stereocenters. The Morgan fingerprint density at radius 3 is 1.91 bits per heavy atom. The second-order valence-electron chi connectivity index (χ2n) is 4.39. The summed E-state index contributed by atoms with van der Waals surface area (Å²) in [4.78, 5) is 0. The fraction of sp³-hybridized carbons (Fsp3) is 0. The molecule has 1 heterocycles. The van der Waals surface area contributed by atoms with E-state index in [1.807, 2.05) is 0 Å². The molecular formula is C12H8O9S2. The van der Waals surface area contributed by atoms with Gasteiger partial charge in [0.15, 0.2) is 11.5 Å². The number of fused-ring (bicyclic) bond motifs is 1. The van der Waals surface area contributed by atoms with Crippen molar-refractivity contribution in [2.24, 2.45) is 0 Å². The number of phenolic OH excluding ortho intramolecular Hbond substituents is 2. The van der Waals surface area contributed by atoms with Crippen LogP contribution in [-0.4, -0.2) is 27.0 Å². The Bertz CT molecular complexity index is 976. The molecule has 9 nitrogen and oxygen atoms in total. The Hall–Kier alpha value is -2.50. The lowest BCUT2D eigenvalue weighted by Crippen LogP contribution is -2.18. The molecule has 0 amide bonds. The smallest absolute Gasteiger partial charge is 0.466 e. The Kier molecular flexibility index (Phi) is 3.35. The zero-order valence-corrected chi connectivity index (χ0v) is 12.7. The van der Waals surface area contributed by atoms with Gasteiger partial charge in [-0.3, -0.25) is 0 Å². The summed E-state index contributed by atoms with van der Waals surface area (Å²) in [6, 6.07) is 7.90. The minimum atomic E-state index is -4.98. The third-order valence-electron chi connectivity index (χ3n) is 2.81. The fourth-order valence-corrected chi connectivity index (χ4v) is 3.69. The molecule has 0 saturated carbocycles. The van der Waals surface area contributed by atoms with E-state index in [-0.39, 0.29) is 11.3 Å². The molecule has 0 radical (unpaired) electrons. The van der Waals surface area contributed by atoms with Crippen molar-refractivity contribution in [2.45, 2.75) is 0 Å². The maximum absolute atomic E-state index is 11.6. The van der Waals surface area contributed by atoms with Gasteiger partial charge in [0.25, 0.3) is 0 Å². The number of hydrogen-bond acceptors (Lipinski definition) is 9. The van der Waals surface area contributed by atoms with Gasteiger partial charge in [0.2, 0.25) is 5.75 Å². The summed E-state index contributed by atoms with van der Waals surface area (Å²) < 4.78 is 58.9. The summed E-state index contributed by atoms with van der Waals surface area (Å²) in [5.74, 6) is -1.98. The molecule has 23 heavy (non-hydrogen) atoms. The van der Waals surface area contributed by atoms with Gasteiger partial charge < -0.3 is 18.6 Å². The Labute approximate surface area is 130 Å². The molecular weight excluding hydrogens is 352 g/mol. The van der Waals surface area contributed by atoms with Gasteiger partial charge in [-0.2, -0.15) is 16.8 Å². The molecule has 1 aliphatic heterocycles. The van der Waals surface area contributed by atoms with Crippen molar-refractivity contribution in [1.82, 2.24) is 0 Å². The van der Waals surface area contributed by atoms with E-state index in [2.05, 4.69) is 12.0 Å². The molecule has 0 atom stereocenters. The van der Waals surface area contributed by atoms with Gasteiger partial charge >= 0.3 is 20.8 Å². The topological polar surface area (TPSA) is 136 Å². The minimum absolute atomic E-state index is 0.0330. The van der Waals surface area contributed by atoms with E-state index in [0.29, 0.717) is 5.56 Å². The summed E-state index contributed by atoms with van der Waals surface area (Å²) in [6.07, 6.45) is 0. The van der Waals surface area contributed by atoms with E-state index in [0.717, 1.165) is 6.07 Å². The van der Waals surface area contributed by atoms with Crippen LogP contribution in [0, 0.1) is 0 Å². The standard InChI is InChI=1S/C12H8O9S2/c13-8-3-1-7(2-4-8)9-5-6-10(14)12-11(9)19-22(15,16)21-23(17,18)20-12/h1-6,13-14H. The number of aromatic hydroxyl groups is 2. The average molecular weight is 360 g/mol. The van der Waals surface area contributed by atoms with Crippen LogP contribution in [-0.2, 0) is 24.4 Å². The van der Waals surface area contributed by atoms with Crippen LogP contribution in [0.3, 0.4) is 0 Å². The second-order valence-corrected chi connectivity index (χ2v) is 6.90. The van der Waals surface area contributed by atoms with Crippen LogP contribution in [0.25, 0.3) is 11.1 Å². The van der Waals surface area contributed by atoms with Crippen molar-refractivity contribution in [3.05, 3.63) is 36.4 Å². The van der Waals surface area contributed by atoms with Crippen LogP contribution in [0.4, 0.5) is 0 Å². The van der Waals surface area contributed by atoms with Crippen LogP contribution in [0.2, 0.25) is 0 Å². The highest BCUT2D eigenvalue weighted by atomic mass is 32.3. The fourth-order valence-electron chi connectivity index (χ4n) is 1.92. The van der Waals surface area contributed by atoms with Gasteiger partial charge in [-0.15, -0.1) is 0 Å². The Balaban J connectivity index is 2.29. The summed E-state index contributed by atoms with van der Waals surface area (Å²) in [7, 11) is -9.95. The lowest BCUT2D eigenvalue weighted by Gasteiger charge is -2.11. The lowest BCUT2D eigenvalue weighted by atomic mass is 10.0. The normalized spacial score (nSPS) is 18.1. The maximum atomic E-state index is 11.6. The van der Waals surface area contributed by atoms with E-state index in [4.69, 9.17) is 0 Å². The third-order valence-corrected chi connectivity index (χ3v) is 4.88. The lowest BCUT2D eigenvalue weighted by molar-refractivity contribution is 0.368. The van der Waals surface area contributed by atoms with Crippen molar-refractivity contribution in [2.75, 3.05) is 0 Å². The number of phenols is 2. The zero-order valence-electron chi connectivity index (χ0n) is 11.0. The van der Waals surface area contributed by atoms with Gasteiger partial charge in [-0.05, 0) is 29.8 Å². The molecule has 0 saturated heterocycles. The maximum Gasteiger partial charge on any atom is 0.466 e. The van der Waals surface area contributed by atoms with Crippen molar-refractivity contribution >= 4 is 20.8 Å². The molecule has 122 valence electrons. The highest BCUT2D eigenvalue weighted by Crippen LogP contribution is 2.47. The summed E-state index contributed by atoms with van der Waals surface area (Å²) >= 11 is 0. The minimum Gasteiger partial charge on any atom is -0.508 e. The van der Waals surface area contributed by atoms with Gasteiger partial charge in [-0.1, -0.05) is 15.8 Å². The Morgan fingerprint density at radius 1 is 0.739 bits per heavy atom.